The normalized spacial score (nSPS) is 17.5. The van der Waals surface area contributed by atoms with Crippen LogP contribution in [0, 0.1) is 10.1 Å². The number of ether oxygens (including phenoxy) is 1. The minimum absolute atomic E-state index is 0.00321. The minimum atomic E-state index is -0.906. The number of hydrogen-bond donors (Lipinski definition) is 1. The summed E-state index contributed by atoms with van der Waals surface area (Å²) in [5, 5.41) is 25.7. The van der Waals surface area contributed by atoms with Crippen molar-refractivity contribution in [1.82, 2.24) is 24.6 Å². The van der Waals surface area contributed by atoms with Crippen LogP contribution in [0.25, 0.3) is 22.4 Å². The van der Waals surface area contributed by atoms with Crippen molar-refractivity contribution in [2.45, 2.75) is 18.9 Å². The van der Waals surface area contributed by atoms with Gasteiger partial charge in [0.25, 0.3) is 5.69 Å². The lowest BCUT2D eigenvalue weighted by Gasteiger charge is -2.30. The molecule has 1 amide bonds. The number of rotatable bonds is 4. The van der Waals surface area contributed by atoms with Crippen LogP contribution in [-0.2, 0) is 4.74 Å². The first-order valence-corrected chi connectivity index (χ1v) is 10.8. The van der Waals surface area contributed by atoms with E-state index in [0.29, 0.717) is 69.3 Å². The molecule has 5 rings (SSSR count). The summed E-state index contributed by atoms with van der Waals surface area (Å²) in [6, 6.07) is 6.20. The summed E-state index contributed by atoms with van der Waals surface area (Å²) in [6.45, 7) is 3.46. The van der Waals surface area contributed by atoms with E-state index in [1.54, 1.807) is 18.3 Å². The number of hydrogen-bond acceptors (Lipinski definition) is 8. The Bertz CT molecular complexity index is 1180. The molecule has 1 N–H and O–H groups in total. The van der Waals surface area contributed by atoms with Crippen molar-refractivity contribution in [2.75, 3.05) is 44.3 Å². The molecule has 1 aromatic carbocycles. The lowest BCUT2D eigenvalue weighted by Crippen LogP contribution is -2.38. The second kappa shape index (κ2) is 8.62. The van der Waals surface area contributed by atoms with Gasteiger partial charge in [0.05, 0.1) is 35.8 Å². The van der Waals surface area contributed by atoms with Crippen LogP contribution < -0.4 is 4.90 Å². The third-order valence-corrected chi connectivity index (χ3v) is 6.16. The number of nitro benzene ring substituents is 1. The topological polar surface area (TPSA) is 140 Å². The molecule has 0 unspecified atom stereocenters. The molecule has 2 aliphatic heterocycles. The number of benzene rings is 1. The van der Waals surface area contributed by atoms with Gasteiger partial charge in [-0.05, 0) is 25.0 Å². The van der Waals surface area contributed by atoms with Crippen LogP contribution in [0.1, 0.15) is 18.9 Å². The van der Waals surface area contributed by atoms with Crippen molar-refractivity contribution in [3.05, 3.63) is 40.6 Å². The predicted octanol–water partition coefficient (Wildman–Crippen LogP) is 2.55. The van der Waals surface area contributed by atoms with Gasteiger partial charge in [-0.1, -0.05) is 0 Å². The molecule has 4 heterocycles. The summed E-state index contributed by atoms with van der Waals surface area (Å²) in [4.78, 5) is 35.0. The maximum Gasteiger partial charge on any atom is 0.407 e. The third kappa shape index (κ3) is 4.04. The van der Waals surface area contributed by atoms with E-state index in [4.69, 9.17) is 14.7 Å². The second-order valence-corrected chi connectivity index (χ2v) is 8.10. The summed E-state index contributed by atoms with van der Waals surface area (Å²) in [5.41, 5.74) is 1.35. The first-order chi connectivity index (χ1) is 16.0. The van der Waals surface area contributed by atoms with E-state index in [-0.39, 0.29) is 11.7 Å². The fourth-order valence-electron chi connectivity index (χ4n) is 4.36. The molecule has 0 atom stereocenters. The van der Waals surface area contributed by atoms with Crippen LogP contribution in [0.4, 0.5) is 16.3 Å². The quantitative estimate of drug-likeness (QED) is 0.466. The number of nitro groups is 1. The number of aromatic nitrogens is 4. The Labute approximate surface area is 188 Å². The maximum absolute atomic E-state index is 11.3. The van der Waals surface area contributed by atoms with E-state index in [1.807, 2.05) is 4.68 Å². The van der Waals surface area contributed by atoms with E-state index in [2.05, 4.69) is 10.00 Å². The number of nitrogens with zero attached hydrogens (tertiary/aromatic N) is 7. The minimum Gasteiger partial charge on any atom is -0.465 e. The Morgan fingerprint density at radius 3 is 2.42 bits per heavy atom. The van der Waals surface area contributed by atoms with Crippen molar-refractivity contribution >= 4 is 28.6 Å². The van der Waals surface area contributed by atoms with Crippen LogP contribution in [0.2, 0.25) is 0 Å². The van der Waals surface area contributed by atoms with Crippen LogP contribution in [-0.4, -0.2) is 80.2 Å². The zero-order valence-electron chi connectivity index (χ0n) is 17.8. The number of carboxylic acid groups (broad SMARTS) is 1. The van der Waals surface area contributed by atoms with Crippen LogP contribution in [0.3, 0.4) is 0 Å². The number of piperidine rings is 1. The summed E-state index contributed by atoms with van der Waals surface area (Å²) in [5.74, 6) is 1.22. The van der Waals surface area contributed by atoms with E-state index < -0.39 is 11.0 Å². The van der Waals surface area contributed by atoms with E-state index in [0.717, 1.165) is 11.2 Å². The van der Waals surface area contributed by atoms with Gasteiger partial charge in [0, 0.05) is 43.9 Å². The lowest BCUT2D eigenvalue weighted by atomic mass is 10.1. The van der Waals surface area contributed by atoms with Gasteiger partial charge in [-0.15, -0.1) is 0 Å². The van der Waals surface area contributed by atoms with Crippen LogP contribution >= 0.6 is 0 Å². The zero-order valence-corrected chi connectivity index (χ0v) is 17.8. The SMILES string of the molecule is O=C(O)N1CCC(n2ncc3c(N4CCOCC4)nc(-c4ccc([N+](=O)[O-])cc4)nc32)CC1. The molecular formula is C21H23N7O5. The smallest absolute Gasteiger partial charge is 0.407 e. The molecule has 3 aromatic rings. The average Bonchev–Trinajstić information content (AvgIpc) is 3.28. The second-order valence-electron chi connectivity index (χ2n) is 8.10. The third-order valence-electron chi connectivity index (χ3n) is 6.16. The first-order valence-electron chi connectivity index (χ1n) is 10.8. The van der Waals surface area contributed by atoms with Gasteiger partial charge < -0.3 is 19.6 Å². The molecule has 2 aromatic heterocycles. The van der Waals surface area contributed by atoms with Crippen molar-refractivity contribution in [3.8, 4) is 11.4 Å². The van der Waals surface area contributed by atoms with E-state index in [1.165, 1.54) is 17.0 Å². The zero-order chi connectivity index (χ0) is 22.9. The fraction of sp³-hybridized carbons (Fsp3) is 0.429. The van der Waals surface area contributed by atoms with Gasteiger partial charge in [-0.3, -0.25) is 10.1 Å². The Morgan fingerprint density at radius 2 is 1.79 bits per heavy atom. The molecule has 0 spiro atoms. The van der Waals surface area contributed by atoms with E-state index in [9.17, 15) is 20.0 Å². The largest absolute Gasteiger partial charge is 0.465 e. The molecular weight excluding hydrogens is 430 g/mol. The molecule has 33 heavy (non-hydrogen) atoms. The van der Waals surface area contributed by atoms with Gasteiger partial charge in [-0.25, -0.2) is 19.4 Å². The number of carbonyl (C=O) groups is 1. The van der Waals surface area contributed by atoms with Crippen LogP contribution in [0.5, 0.6) is 0 Å². The summed E-state index contributed by atoms with van der Waals surface area (Å²) in [7, 11) is 0. The predicted molar refractivity (Wildman–Crippen MR) is 118 cm³/mol. The highest BCUT2D eigenvalue weighted by molar-refractivity contribution is 5.89. The van der Waals surface area contributed by atoms with Crippen molar-refractivity contribution in [3.63, 3.8) is 0 Å². The molecule has 0 saturated carbocycles. The highest BCUT2D eigenvalue weighted by Crippen LogP contribution is 2.32. The van der Waals surface area contributed by atoms with Gasteiger partial charge >= 0.3 is 6.09 Å². The van der Waals surface area contributed by atoms with Crippen molar-refractivity contribution in [2.24, 2.45) is 0 Å². The maximum atomic E-state index is 11.3. The Hall–Kier alpha value is -3.80. The number of fused-ring (bicyclic) bond motifs is 1. The number of likely N-dealkylation sites (tertiary alicyclic amines) is 1. The van der Waals surface area contributed by atoms with Crippen molar-refractivity contribution < 1.29 is 19.6 Å². The average molecular weight is 453 g/mol. The first kappa shape index (κ1) is 21.1. The number of anilines is 1. The van der Waals surface area contributed by atoms with Crippen LogP contribution in [0.15, 0.2) is 30.5 Å². The van der Waals surface area contributed by atoms with Gasteiger partial charge in [-0.2, -0.15) is 5.10 Å². The summed E-state index contributed by atoms with van der Waals surface area (Å²) < 4.78 is 7.36. The number of non-ortho nitro benzene ring substituents is 1. The number of morpholine rings is 1. The fourth-order valence-corrected chi connectivity index (χ4v) is 4.36. The Balaban J connectivity index is 1.57. The standard InChI is InChI=1S/C21H23N7O5/c29-21(30)26-7-5-15(6-8-26)27-20-17(13-22-27)19(25-9-11-33-12-10-25)23-18(24-20)14-1-3-16(4-2-14)28(31)32/h1-4,13,15H,5-12H2,(H,29,30). The van der Waals surface area contributed by atoms with Gasteiger partial charge in [0.2, 0.25) is 0 Å². The Morgan fingerprint density at radius 1 is 1.09 bits per heavy atom. The van der Waals surface area contributed by atoms with Gasteiger partial charge in [0.1, 0.15) is 5.82 Å². The highest BCUT2D eigenvalue weighted by Gasteiger charge is 2.27. The lowest BCUT2D eigenvalue weighted by molar-refractivity contribution is -0.384. The molecule has 0 bridgehead atoms. The van der Waals surface area contributed by atoms with Crippen molar-refractivity contribution in [1.29, 1.82) is 0 Å². The molecule has 12 heteroatoms. The molecule has 2 fully saturated rings. The summed E-state index contributed by atoms with van der Waals surface area (Å²) in [6.07, 6.45) is 2.15. The molecule has 12 nitrogen and oxygen atoms in total. The molecule has 172 valence electrons. The molecule has 2 aliphatic rings. The molecule has 2 saturated heterocycles. The molecule has 0 radical (unpaired) electrons. The number of amides is 1. The van der Waals surface area contributed by atoms with Gasteiger partial charge in [0.15, 0.2) is 11.5 Å². The Kier molecular flexibility index (Phi) is 5.50. The monoisotopic (exact) mass is 453 g/mol. The van der Waals surface area contributed by atoms with E-state index >= 15 is 0 Å². The summed E-state index contributed by atoms with van der Waals surface area (Å²) >= 11 is 0. The highest BCUT2D eigenvalue weighted by atomic mass is 16.6. The molecule has 0 aliphatic carbocycles.